The van der Waals surface area contributed by atoms with Crippen LogP contribution in [0.1, 0.15) is 152 Å². The van der Waals surface area contributed by atoms with Crippen molar-refractivity contribution in [1.29, 1.82) is 0 Å². The highest BCUT2D eigenvalue weighted by molar-refractivity contribution is 5.84. The molecule has 42 heavy (non-hydrogen) atoms. The summed E-state index contributed by atoms with van der Waals surface area (Å²) in [5, 5.41) is 0. The van der Waals surface area contributed by atoms with E-state index in [4.69, 9.17) is 4.99 Å². The van der Waals surface area contributed by atoms with Crippen LogP contribution < -0.4 is 0 Å². The first-order valence-corrected chi connectivity index (χ1v) is 18.0. The van der Waals surface area contributed by atoms with Crippen LogP contribution in [0.5, 0.6) is 0 Å². The Kier molecular flexibility index (Phi) is 12.6. The van der Waals surface area contributed by atoms with Gasteiger partial charge in [0.05, 0.1) is 5.70 Å². The SMILES string of the molecule is C1=NC(c2ccccc2)=CN(C2CCCCCCCCCCC2)C1(c1ccccc1)C1CCCCCCCCCCC1. The van der Waals surface area contributed by atoms with Crippen LogP contribution in [-0.2, 0) is 5.54 Å². The predicted octanol–water partition coefficient (Wildman–Crippen LogP) is 11.9. The van der Waals surface area contributed by atoms with Crippen molar-refractivity contribution in [2.45, 2.75) is 153 Å². The molecule has 0 radical (unpaired) electrons. The molecule has 0 saturated heterocycles. The second kappa shape index (κ2) is 17.1. The smallest absolute Gasteiger partial charge is 0.103 e. The lowest BCUT2D eigenvalue weighted by atomic mass is 9.71. The second-order valence-electron chi connectivity index (χ2n) is 13.6. The fourth-order valence-electron chi connectivity index (χ4n) is 8.18. The molecular formula is C40H58N2. The molecule has 0 N–H and O–H groups in total. The number of rotatable bonds is 4. The maximum Gasteiger partial charge on any atom is 0.103 e. The van der Waals surface area contributed by atoms with E-state index in [9.17, 15) is 0 Å². The highest BCUT2D eigenvalue weighted by atomic mass is 15.2. The van der Waals surface area contributed by atoms with E-state index in [0.29, 0.717) is 12.0 Å². The van der Waals surface area contributed by atoms with Crippen molar-refractivity contribution in [3.8, 4) is 0 Å². The molecule has 0 amide bonds. The molecule has 0 aromatic heterocycles. The maximum atomic E-state index is 5.38. The van der Waals surface area contributed by atoms with Gasteiger partial charge in [0.1, 0.15) is 5.54 Å². The summed E-state index contributed by atoms with van der Waals surface area (Å²) in [5.74, 6) is 0.582. The molecule has 3 aliphatic rings. The van der Waals surface area contributed by atoms with Gasteiger partial charge in [-0.2, -0.15) is 0 Å². The van der Waals surface area contributed by atoms with E-state index in [1.165, 1.54) is 152 Å². The number of aliphatic imine (C=N–C) groups is 1. The molecule has 5 rings (SSSR count). The zero-order valence-corrected chi connectivity index (χ0v) is 26.5. The lowest BCUT2D eigenvalue weighted by molar-refractivity contribution is 0.0729. The first-order chi connectivity index (χ1) is 20.9. The Morgan fingerprint density at radius 1 is 0.500 bits per heavy atom. The summed E-state index contributed by atoms with van der Waals surface area (Å²) in [6, 6.07) is 23.1. The molecule has 0 bridgehead atoms. The van der Waals surface area contributed by atoms with Crippen molar-refractivity contribution < 1.29 is 0 Å². The van der Waals surface area contributed by atoms with Crippen LogP contribution in [0.25, 0.3) is 5.70 Å². The third-order valence-corrected chi connectivity index (χ3v) is 10.6. The molecule has 2 aromatic rings. The summed E-state index contributed by atoms with van der Waals surface area (Å²) in [6.07, 6.45) is 35.3. The normalized spacial score (nSPS) is 25.3. The molecular weight excluding hydrogens is 508 g/mol. The van der Waals surface area contributed by atoms with E-state index in [0.717, 1.165) is 5.70 Å². The van der Waals surface area contributed by atoms with Crippen LogP contribution in [0, 0.1) is 5.92 Å². The molecule has 2 aliphatic carbocycles. The van der Waals surface area contributed by atoms with Gasteiger partial charge in [-0.05, 0) is 37.2 Å². The van der Waals surface area contributed by atoms with E-state index in [1.54, 1.807) is 0 Å². The summed E-state index contributed by atoms with van der Waals surface area (Å²) in [4.78, 5) is 8.28. The van der Waals surface area contributed by atoms with Gasteiger partial charge in [0.15, 0.2) is 0 Å². The highest BCUT2D eigenvalue weighted by Gasteiger charge is 2.46. The standard InChI is InChI=1S/C40H58N2/c1-3-7-11-19-27-36(28-20-12-8-4-1)40(37-29-21-16-22-30-37)34-41-39(35-25-17-15-18-26-35)33-42(40)38-31-23-13-9-5-2-6-10-14-24-32-38/h15-18,21-22,25-26,29-30,33-34,36,38H,1-14,19-20,23-24,27-28,31-32H2. The Morgan fingerprint density at radius 2 is 0.929 bits per heavy atom. The molecule has 1 heterocycles. The summed E-state index contributed by atoms with van der Waals surface area (Å²) >= 11 is 0. The Morgan fingerprint density at radius 3 is 1.43 bits per heavy atom. The van der Waals surface area contributed by atoms with Gasteiger partial charge in [0.25, 0.3) is 0 Å². The fraction of sp³-hybridized carbons (Fsp3) is 0.625. The fourth-order valence-corrected chi connectivity index (χ4v) is 8.18. The number of benzene rings is 2. The van der Waals surface area contributed by atoms with Crippen LogP contribution in [-0.4, -0.2) is 17.2 Å². The van der Waals surface area contributed by atoms with Crippen molar-refractivity contribution in [1.82, 2.24) is 4.90 Å². The van der Waals surface area contributed by atoms with Gasteiger partial charge < -0.3 is 4.90 Å². The van der Waals surface area contributed by atoms with Gasteiger partial charge in [0, 0.05) is 24.0 Å². The van der Waals surface area contributed by atoms with Crippen LogP contribution in [0.2, 0.25) is 0 Å². The van der Waals surface area contributed by atoms with Crippen LogP contribution in [0.15, 0.2) is 71.9 Å². The van der Waals surface area contributed by atoms with Crippen LogP contribution in [0.4, 0.5) is 0 Å². The predicted molar refractivity (Wildman–Crippen MR) is 182 cm³/mol. The van der Waals surface area contributed by atoms with Gasteiger partial charge in [0.2, 0.25) is 0 Å². The van der Waals surface area contributed by atoms with E-state index in [-0.39, 0.29) is 5.54 Å². The monoisotopic (exact) mass is 566 g/mol. The van der Waals surface area contributed by atoms with Crippen molar-refractivity contribution in [2.24, 2.45) is 10.9 Å². The summed E-state index contributed by atoms with van der Waals surface area (Å²) < 4.78 is 0. The summed E-state index contributed by atoms with van der Waals surface area (Å²) in [5.41, 5.74) is 3.67. The highest BCUT2D eigenvalue weighted by Crippen LogP contribution is 2.46. The maximum absolute atomic E-state index is 5.38. The first kappa shape index (κ1) is 31.1. The van der Waals surface area contributed by atoms with Crippen LogP contribution >= 0.6 is 0 Å². The first-order valence-electron chi connectivity index (χ1n) is 18.0. The topological polar surface area (TPSA) is 15.6 Å². The zero-order chi connectivity index (χ0) is 28.7. The van der Waals surface area contributed by atoms with Crippen molar-refractivity contribution in [3.05, 3.63) is 78.0 Å². The third kappa shape index (κ3) is 8.39. The molecule has 2 nitrogen and oxygen atoms in total. The van der Waals surface area contributed by atoms with E-state index < -0.39 is 0 Å². The average Bonchev–Trinajstić information content (AvgIpc) is 3.02. The van der Waals surface area contributed by atoms with Gasteiger partial charge in [-0.1, -0.05) is 176 Å². The Hall–Kier alpha value is -2.35. The lowest BCUT2D eigenvalue weighted by Crippen LogP contribution is -2.55. The minimum Gasteiger partial charge on any atom is -0.358 e. The van der Waals surface area contributed by atoms with E-state index in [1.807, 2.05) is 0 Å². The van der Waals surface area contributed by atoms with Gasteiger partial charge >= 0.3 is 0 Å². The third-order valence-electron chi connectivity index (χ3n) is 10.6. The molecule has 2 fully saturated rings. The van der Waals surface area contributed by atoms with Crippen molar-refractivity contribution in [2.75, 3.05) is 0 Å². The molecule has 1 atom stereocenters. The van der Waals surface area contributed by atoms with Crippen molar-refractivity contribution >= 4 is 11.9 Å². The van der Waals surface area contributed by atoms with Crippen LogP contribution in [0.3, 0.4) is 0 Å². The second-order valence-corrected chi connectivity index (χ2v) is 13.6. The van der Waals surface area contributed by atoms with E-state index >= 15 is 0 Å². The summed E-state index contributed by atoms with van der Waals surface area (Å²) in [7, 11) is 0. The molecule has 228 valence electrons. The van der Waals surface area contributed by atoms with Gasteiger partial charge in [-0.15, -0.1) is 0 Å². The minimum atomic E-state index is -0.175. The lowest BCUT2D eigenvalue weighted by Gasteiger charge is -2.52. The zero-order valence-electron chi connectivity index (χ0n) is 26.5. The largest absolute Gasteiger partial charge is 0.358 e. The Bertz CT molecular complexity index is 1050. The molecule has 1 aliphatic heterocycles. The molecule has 2 saturated carbocycles. The van der Waals surface area contributed by atoms with Crippen molar-refractivity contribution in [3.63, 3.8) is 0 Å². The average molecular weight is 567 g/mol. The quantitative estimate of drug-likeness (QED) is 0.359. The minimum absolute atomic E-state index is 0.175. The van der Waals surface area contributed by atoms with E-state index in [2.05, 4.69) is 78.0 Å². The Balaban J connectivity index is 1.56. The summed E-state index contributed by atoms with van der Waals surface area (Å²) in [6.45, 7) is 0. The number of nitrogens with zero attached hydrogens (tertiary/aromatic N) is 2. The van der Waals surface area contributed by atoms with Gasteiger partial charge in [-0.3, -0.25) is 4.99 Å². The molecule has 0 spiro atoms. The number of hydrogen-bond acceptors (Lipinski definition) is 2. The molecule has 2 heteroatoms. The Labute approximate surface area is 258 Å². The molecule has 2 aromatic carbocycles. The van der Waals surface area contributed by atoms with Gasteiger partial charge in [-0.25, -0.2) is 0 Å². The number of hydrogen-bond donors (Lipinski definition) is 0. The molecule has 1 unspecified atom stereocenters.